The van der Waals surface area contributed by atoms with Gasteiger partial charge in [0.2, 0.25) is 0 Å². The number of hydrogen-bond acceptors (Lipinski definition) is 1. The van der Waals surface area contributed by atoms with Crippen LogP contribution in [0.4, 0.5) is 0 Å². The van der Waals surface area contributed by atoms with Crippen molar-refractivity contribution in [2.24, 2.45) is 5.92 Å². The van der Waals surface area contributed by atoms with Crippen LogP contribution in [0.1, 0.15) is 22.2 Å². The Labute approximate surface area is 65.1 Å². The zero-order valence-electron chi connectivity index (χ0n) is 6.60. The molecule has 0 saturated carbocycles. The summed E-state index contributed by atoms with van der Waals surface area (Å²) in [6.45, 7) is 6.43. The molecular formula is C5H13LiS. The molecule has 0 amide bonds. The van der Waals surface area contributed by atoms with Crippen molar-refractivity contribution in [2.75, 3.05) is 0 Å². The molecule has 0 aromatic heterocycles. The van der Waals surface area contributed by atoms with Crippen LogP contribution in [0.2, 0.25) is 0 Å². The standard InChI is InChI=1S/C5H12S.Li.H/c1-4(2)5(3)6;;/h4-6H,1-3H3;;/q;+1;-1. The summed E-state index contributed by atoms with van der Waals surface area (Å²) in [7, 11) is 0. The summed E-state index contributed by atoms with van der Waals surface area (Å²) in [5.74, 6) is 0.716. The molecular weight excluding hydrogens is 99.1 g/mol. The molecule has 7 heavy (non-hydrogen) atoms. The summed E-state index contributed by atoms with van der Waals surface area (Å²) < 4.78 is 0. The summed E-state index contributed by atoms with van der Waals surface area (Å²) in [6, 6.07) is 0. The van der Waals surface area contributed by atoms with Crippen LogP contribution in [0.25, 0.3) is 0 Å². The minimum atomic E-state index is 0. The van der Waals surface area contributed by atoms with E-state index in [0.717, 1.165) is 0 Å². The Bertz CT molecular complexity index is 33.4. The van der Waals surface area contributed by atoms with E-state index in [1.54, 1.807) is 0 Å². The SMILES string of the molecule is CC(C)C(C)S.[H-].[Li+]. The van der Waals surface area contributed by atoms with Crippen LogP contribution >= 0.6 is 12.6 Å². The molecule has 0 spiro atoms. The van der Waals surface area contributed by atoms with E-state index in [4.69, 9.17) is 0 Å². The predicted octanol–water partition coefficient (Wildman–Crippen LogP) is -0.923. The van der Waals surface area contributed by atoms with Crippen molar-refractivity contribution in [1.29, 1.82) is 0 Å². The Kier molecular flexibility index (Phi) is 7.89. The molecule has 1 atom stereocenters. The van der Waals surface area contributed by atoms with Crippen LogP contribution in [-0.4, -0.2) is 5.25 Å². The molecule has 0 fully saturated rings. The van der Waals surface area contributed by atoms with Gasteiger partial charge in [0.05, 0.1) is 0 Å². The molecule has 1 unspecified atom stereocenters. The van der Waals surface area contributed by atoms with E-state index >= 15 is 0 Å². The third kappa shape index (κ3) is 6.95. The van der Waals surface area contributed by atoms with Gasteiger partial charge in [0.15, 0.2) is 0 Å². The molecule has 0 aromatic rings. The van der Waals surface area contributed by atoms with Crippen molar-refractivity contribution < 1.29 is 20.3 Å². The Hall–Kier alpha value is 0.947. The van der Waals surface area contributed by atoms with Gasteiger partial charge in [0.25, 0.3) is 0 Å². The van der Waals surface area contributed by atoms with Gasteiger partial charge >= 0.3 is 18.9 Å². The zero-order chi connectivity index (χ0) is 5.15. The smallest absolute Gasteiger partial charge is 1.00 e. The average Bonchev–Trinajstić information content (AvgIpc) is 1.36. The van der Waals surface area contributed by atoms with Gasteiger partial charge in [0.1, 0.15) is 0 Å². The summed E-state index contributed by atoms with van der Waals surface area (Å²) >= 11 is 4.19. The van der Waals surface area contributed by atoms with Crippen LogP contribution in [-0.2, 0) is 0 Å². The maximum Gasteiger partial charge on any atom is 1.00 e. The molecule has 2 heteroatoms. The van der Waals surface area contributed by atoms with Crippen molar-refractivity contribution >= 4 is 12.6 Å². The molecule has 0 N–H and O–H groups in total. The number of hydrogen-bond donors (Lipinski definition) is 1. The molecule has 0 aliphatic heterocycles. The minimum absolute atomic E-state index is 0. The molecule has 0 aliphatic carbocycles. The topological polar surface area (TPSA) is 0 Å². The van der Waals surface area contributed by atoms with Gasteiger partial charge in [-0.1, -0.05) is 20.8 Å². The van der Waals surface area contributed by atoms with Crippen molar-refractivity contribution in [2.45, 2.75) is 26.0 Å². The summed E-state index contributed by atoms with van der Waals surface area (Å²) in [5.41, 5.74) is 0. The van der Waals surface area contributed by atoms with Gasteiger partial charge in [-0.15, -0.1) is 0 Å². The second-order valence-electron chi connectivity index (χ2n) is 1.98. The Morgan fingerprint density at radius 1 is 1.29 bits per heavy atom. The van der Waals surface area contributed by atoms with E-state index < -0.39 is 0 Å². The molecule has 0 bridgehead atoms. The first-order chi connectivity index (χ1) is 2.64. The third-order valence-corrected chi connectivity index (χ3v) is 1.56. The van der Waals surface area contributed by atoms with Gasteiger partial charge in [0, 0.05) is 5.25 Å². The minimum Gasteiger partial charge on any atom is -1.00 e. The third-order valence-electron chi connectivity index (χ3n) is 0.965. The van der Waals surface area contributed by atoms with Gasteiger partial charge in [-0.05, 0) is 5.92 Å². The molecule has 0 aromatic carbocycles. The van der Waals surface area contributed by atoms with Crippen LogP contribution in [0.15, 0.2) is 0 Å². The van der Waals surface area contributed by atoms with Crippen LogP contribution in [0.5, 0.6) is 0 Å². The zero-order valence-corrected chi connectivity index (χ0v) is 6.50. The fraction of sp³-hybridized carbons (Fsp3) is 1.00. The summed E-state index contributed by atoms with van der Waals surface area (Å²) in [4.78, 5) is 0. The molecule has 0 nitrogen and oxygen atoms in total. The number of thiol groups is 1. The second-order valence-corrected chi connectivity index (χ2v) is 2.80. The predicted molar refractivity (Wildman–Crippen MR) is 34.4 cm³/mol. The van der Waals surface area contributed by atoms with E-state index in [2.05, 4.69) is 33.4 Å². The fourth-order valence-electron chi connectivity index (χ4n) is 0. The first-order valence-corrected chi connectivity index (χ1v) is 2.84. The Morgan fingerprint density at radius 2 is 1.43 bits per heavy atom. The molecule has 40 valence electrons. The van der Waals surface area contributed by atoms with E-state index in [-0.39, 0.29) is 20.3 Å². The Morgan fingerprint density at radius 3 is 1.43 bits per heavy atom. The van der Waals surface area contributed by atoms with Gasteiger partial charge in [-0.3, -0.25) is 0 Å². The van der Waals surface area contributed by atoms with Gasteiger partial charge in [-0.25, -0.2) is 0 Å². The maximum absolute atomic E-state index is 4.19. The van der Waals surface area contributed by atoms with E-state index in [1.807, 2.05) is 0 Å². The largest absolute Gasteiger partial charge is 1.00 e. The quantitative estimate of drug-likeness (QED) is 0.329. The van der Waals surface area contributed by atoms with Crippen LogP contribution in [0.3, 0.4) is 0 Å². The first kappa shape index (κ1) is 10.8. The van der Waals surface area contributed by atoms with Crippen molar-refractivity contribution in [3.05, 3.63) is 0 Å². The molecule has 0 radical (unpaired) electrons. The van der Waals surface area contributed by atoms with Crippen molar-refractivity contribution in [3.8, 4) is 0 Å². The fourth-order valence-corrected chi connectivity index (χ4v) is 0. The monoisotopic (exact) mass is 112 g/mol. The van der Waals surface area contributed by atoms with Crippen molar-refractivity contribution in [1.82, 2.24) is 0 Å². The normalized spacial score (nSPS) is 13.3. The Balaban J connectivity index is -0.000000125. The van der Waals surface area contributed by atoms with Crippen LogP contribution < -0.4 is 18.9 Å². The summed E-state index contributed by atoms with van der Waals surface area (Å²) in [6.07, 6.45) is 0. The van der Waals surface area contributed by atoms with E-state index in [9.17, 15) is 0 Å². The van der Waals surface area contributed by atoms with Crippen LogP contribution in [0, 0.1) is 5.92 Å². The molecule has 0 saturated heterocycles. The van der Waals surface area contributed by atoms with E-state index in [0.29, 0.717) is 11.2 Å². The maximum atomic E-state index is 4.19. The average molecular weight is 112 g/mol. The van der Waals surface area contributed by atoms with Crippen molar-refractivity contribution in [3.63, 3.8) is 0 Å². The first-order valence-electron chi connectivity index (χ1n) is 2.32. The van der Waals surface area contributed by atoms with E-state index in [1.165, 1.54) is 0 Å². The second kappa shape index (κ2) is 5.09. The van der Waals surface area contributed by atoms with Gasteiger partial charge < -0.3 is 1.43 Å². The number of rotatable bonds is 1. The summed E-state index contributed by atoms with van der Waals surface area (Å²) in [5, 5.41) is 0.546. The molecule has 0 rings (SSSR count). The van der Waals surface area contributed by atoms with Gasteiger partial charge in [-0.2, -0.15) is 12.6 Å². The molecule has 0 aliphatic rings. The molecule has 0 heterocycles.